The van der Waals surface area contributed by atoms with E-state index in [4.69, 9.17) is 4.74 Å². The lowest BCUT2D eigenvalue weighted by Gasteiger charge is -2.11. The van der Waals surface area contributed by atoms with E-state index in [1.54, 1.807) is 7.11 Å². The number of benzene rings is 1. The average Bonchev–Trinajstić information content (AvgIpc) is 2.62. The Balaban J connectivity index is 2.68. The molecule has 0 amide bonds. The van der Waals surface area contributed by atoms with E-state index in [1.807, 2.05) is 20.0 Å². The van der Waals surface area contributed by atoms with Crippen molar-refractivity contribution in [3.8, 4) is 17.0 Å². The molecule has 1 aromatic carbocycles. The second-order valence-electron chi connectivity index (χ2n) is 4.25. The molecule has 2 aromatic rings. The van der Waals surface area contributed by atoms with E-state index in [9.17, 15) is 0 Å². The highest BCUT2D eigenvalue weighted by Crippen LogP contribution is 2.35. The zero-order valence-corrected chi connectivity index (χ0v) is 12.7. The van der Waals surface area contributed by atoms with Crippen LogP contribution in [-0.2, 0) is 13.5 Å². The van der Waals surface area contributed by atoms with Gasteiger partial charge < -0.3 is 9.30 Å². The van der Waals surface area contributed by atoms with Gasteiger partial charge in [-0.2, -0.15) is 0 Å². The fourth-order valence-corrected chi connectivity index (χ4v) is 2.76. The monoisotopic (exact) mass is 308 g/mol. The molecule has 0 atom stereocenters. The van der Waals surface area contributed by atoms with Crippen molar-refractivity contribution in [3.05, 3.63) is 34.2 Å². The third-order valence-corrected chi connectivity index (χ3v) is 3.76. The molecule has 18 heavy (non-hydrogen) atoms. The Morgan fingerprint density at radius 2 is 2.11 bits per heavy atom. The summed E-state index contributed by atoms with van der Waals surface area (Å²) in [5.74, 6) is 1.84. The number of nitrogens with zero attached hydrogens (tertiary/aromatic N) is 2. The quantitative estimate of drug-likeness (QED) is 0.864. The first-order valence-corrected chi connectivity index (χ1v) is 6.73. The molecule has 0 fully saturated rings. The summed E-state index contributed by atoms with van der Waals surface area (Å²) in [6.07, 6.45) is 1.01. The molecule has 96 valence electrons. The van der Waals surface area contributed by atoms with Crippen LogP contribution in [0, 0.1) is 6.92 Å². The Hall–Kier alpha value is -1.29. The number of halogens is 1. The number of hydrogen-bond donors (Lipinski definition) is 0. The van der Waals surface area contributed by atoms with E-state index in [2.05, 4.69) is 44.5 Å². The second-order valence-corrected chi connectivity index (χ2v) is 5.00. The van der Waals surface area contributed by atoms with E-state index in [0.717, 1.165) is 33.9 Å². The van der Waals surface area contributed by atoms with Crippen molar-refractivity contribution in [1.29, 1.82) is 0 Å². The number of ether oxygens (including phenoxy) is 1. The van der Waals surface area contributed by atoms with Crippen LogP contribution in [0.1, 0.15) is 18.3 Å². The molecule has 2 rings (SSSR count). The Labute approximate surface area is 116 Å². The zero-order chi connectivity index (χ0) is 13.3. The van der Waals surface area contributed by atoms with Crippen molar-refractivity contribution < 1.29 is 4.74 Å². The van der Waals surface area contributed by atoms with Gasteiger partial charge in [-0.1, -0.05) is 13.0 Å². The van der Waals surface area contributed by atoms with Gasteiger partial charge in [0.05, 0.1) is 12.8 Å². The van der Waals surface area contributed by atoms with Gasteiger partial charge in [0.15, 0.2) is 0 Å². The van der Waals surface area contributed by atoms with E-state index >= 15 is 0 Å². The summed E-state index contributed by atoms with van der Waals surface area (Å²) in [7, 11) is 3.71. The van der Waals surface area contributed by atoms with Gasteiger partial charge in [0, 0.05) is 12.6 Å². The van der Waals surface area contributed by atoms with Crippen LogP contribution in [-0.4, -0.2) is 16.7 Å². The summed E-state index contributed by atoms with van der Waals surface area (Å²) in [6, 6.07) is 6.28. The first-order chi connectivity index (χ1) is 8.58. The summed E-state index contributed by atoms with van der Waals surface area (Å²) in [4.78, 5) is 4.44. The Morgan fingerprint density at radius 1 is 1.39 bits per heavy atom. The minimum absolute atomic E-state index is 0.856. The van der Waals surface area contributed by atoms with Crippen LogP contribution < -0.4 is 4.74 Å². The predicted molar refractivity (Wildman–Crippen MR) is 77.0 cm³/mol. The van der Waals surface area contributed by atoms with Gasteiger partial charge in [-0.15, -0.1) is 0 Å². The van der Waals surface area contributed by atoms with Gasteiger partial charge in [0.1, 0.15) is 16.2 Å². The van der Waals surface area contributed by atoms with Crippen molar-refractivity contribution >= 4 is 15.9 Å². The molecule has 0 saturated carbocycles. The van der Waals surface area contributed by atoms with Gasteiger partial charge in [-0.3, -0.25) is 0 Å². The van der Waals surface area contributed by atoms with Crippen molar-refractivity contribution in [3.63, 3.8) is 0 Å². The van der Waals surface area contributed by atoms with E-state index in [1.165, 1.54) is 5.56 Å². The maximum absolute atomic E-state index is 5.46. The molecule has 1 aromatic heterocycles. The van der Waals surface area contributed by atoms with Gasteiger partial charge >= 0.3 is 0 Å². The Bertz CT molecular complexity index is 575. The maximum Gasteiger partial charge on any atom is 0.132 e. The van der Waals surface area contributed by atoms with Crippen LogP contribution in [0.25, 0.3) is 11.3 Å². The lowest BCUT2D eigenvalue weighted by molar-refractivity contribution is 0.416. The predicted octanol–water partition coefficient (Wildman–Crippen LogP) is 3.73. The zero-order valence-electron chi connectivity index (χ0n) is 11.1. The molecular weight excluding hydrogens is 292 g/mol. The molecule has 0 saturated heterocycles. The lowest BCUT2D eigenvalue weighted by Crippen LogP contribution is -1.97. The highest BCUT2D eigenvalue weighted by molar-refractivity contribution is 9.10. The van der Waals surface area contributed by atoms with E-state index in [-0.39, 0.29) is 0 Å². The van der Waals surface area contributed by atoms with Gasteiger partial charge in [0.25, 0.3) is 0 Å². The molecule has 0 aliphatic heterocycles. The third kappa shape index (κ3) is 2.17. The standard InChI is InChI=1S/C14H17BrN2O/c1-5-10-6-7-12(18-4)11(8-10)13-14(15)16-9(2)17(13)3/h6-8H,5H2,1-4H3. The van der Waals surface area contributed by atoms with Crippen LogP contribution in [0.4, 0.5) is 0 Å². The number of rotatable bonds is 3. The fraction of sp³-hybridized carbons (Fsp3) is 0.357. The minimum atomic E-state index is 0.856. The smallest absolute Gasteiger partial charge is 0.132 e. The molecule has 1 heterocycles. The molecule has 0 aliphatic carbocycles. The summed E-state index contributed by atoms with van der Waals surface area (Å²) < 4.78 is 8.38. The van der Waals surface area contributed by atoms with Crippen molar-refractivity contribution in [2.75, 3.05) is 7.11 Å². The molecule has 0 bridgehead atoms. The second kappa shape index (κ2) is 5.14. The van der Waals surface area contributed by atoms with Crippen LogP contribution >= 0.6 is 15.9 Å². The average molecular weight is 309 g/mol. The molecular formula is C14H17BrN2O. The lowest BCUT2D eigenvalue weighted by atomic mass is 10.1. The largest absolute Gasteiger partial charge is 0.496 e. The van der Waals surface area contributed by atoms with Crippen LogP contribution in [0.3, 0.4) is 0 Å². The molecule has 0 spiro atoms. The van der Waals surface area contributed by atoms with Crippen molar-refractivity contribution in [1.82, 2.24) is 9.55 Å². The number of hydrogen-bond acceptors (Lipinski definition) is 2. The summed E-state index contributed by atoms with van der Waals surface area (Å²) in [5, 5.41) is 0. The van der Waals surface area contributed by atoms with Gasteiger partial charge in [0.2, 0.25) is 0 Å². The Morgan fingerprint density at radius 3 is 2.61 bits per heavy atom. The van der Waals surface area contributed by atoms with Crippen molar-refractivity contribution in [2.45, 2.75) is 20.3 Å². The van der Waals surface area contributed by atoms with Crippen molar-refractivity contribution in [2.24, 2.45) is 7.05 Å². The summed E-state index contributed by atoms with van der Waals surface area (Å²) in [5.41, 5.74) is 3.42. The first kappa shape index (κ1) is 13.1. The highest BCUT2D eigenvalue weighted by atomic mass is 79.9. The minimum Gasteiger partial charge on any atom is -0.496 e. The first-order valence-electron chi connectivity index (χ1n) is 5.94. The number of aromatic nitrogens is 2. The number of methoxy groups -OCH3 is 1. The normalized spacial score (nSPS) is 10.7. The van der Waals surface area contributed by atoms with Crippen LogP contribution in [0.5, 0.6) is 5.75 Å². The van der Waals surface area contributed by atoms with Gasteiger partial charge in [-0.25, -0.2) is 4.98 Å². The molecule has 4 heteroatoms. The molecule has 0 radical (unpaired) electrons. The SMILES string of the molecule is CCc1ccc(OC)c(-c2c(Br)nc(C)n2C)c1. The Kier molecular flexibility index (Phi) is 3.76. The summed E-state index contributed by atoms with van der Waals surface area (Å²) >= 11 is 3.53. The number of aryl methyl sites for hydroxylation is 2. The van der Waals surface area contributed by atoms with Gasteiger partial charge in [-0.05, 0) is 47.0 Å². The molecule has 0 unspecified atom stereocenters. The van der Waals surface area contributed by atoms with Crippen LogP contribution in [0.2, 0.25) is 0 Å². The fourth-order valence-electron chi connectivity index (χ4n) is 2.02. The van der Waals surface area contributed by atoms with Crippen LogP contribution in [0.15, 0.2) is 22.8 Å². The van der Waals surface area contributed by atoms with E-state index < -0.39 is 0 Å². The number of imidazole rings is 1. The molecule has 0 aliphatic rings. The maximum atomic E-state index is 5.46. The molecule has 3 nitrogen and oxygen atoms in total. The van der Waals surface area contributed by atoms with E-state index in [0.29, 0.717) is 0 Å². The topological polar surface area (TPSA) is 27.1 Å². The highest BCUT2D eigenvalue weighted by Gasteiger charge is 2.16. The molecule has 0 N–H and O–H groups in total. The third-order valence-electron chi connectivity index (χ3n) is 3.20. The summed E-state index contributed by atoms with van der Waals surface area (Å²) in [6.45, 7) is 4.14.